The summed E-state index contributed by atoms with van der Waals surface area (Å²) >= 11 is 0. The van der Waals surface area contributed by atoms with Gasteiger partial charge in [-0.25, -0.2) is 13.8 Å². The van der Waals surface area contributed by atoms with Crippen LogP contribution in [0.2, 0.25) is 0 Å². The Bertz CT molecular complexity index is 859. The fraction of sp³-hybridized carbons (Fsp3) is 0.111. The van der Waals surface area contributed by atoms with Crippen molar-refractivity contribution >= 4 is 17.5 Å². The SMILES string of the molecule is OCCNc1nc(Nc2ccc(F)cc2F)cc(-c2ccccc2)n1. The minimum absolute atomic E-state index is 0.0751. The molecule has 1 aromatic heterocycles. The third-order valence-electron chi connectivity index (χ3n) is 3.38. The van der Waals surface area contributed by atoms with Crippen LogP contribution in [0.15, 0.2) is 54.6 Å². The molecule has 7 heteroatoms. The topological polar surface area (TPSA) is 70.1 Å². The number of anilines is 3. The highest BCUT2D eigenvalue weighted by atomic mass is 19.1. The second-order valence-corrected chi connectivity index (χ2v) is 5.23. The Morgan fingerprint density at radius 2 is 1.76 bits per heavy atom. The summed E-state index contributed by atoms with van der Waals surface area (Å²) in [5, 5.41) is 14.7. The lowest BCUT2D eigenvalue weighted by atomic mass is 10.1. The molecular weight excluding hydrogens is 326 g/mol. The standard InChI is InChI=1S/C18H16F2N4O/c19-13-6-7-15(14(20)10-13)22-17-11-16(12-4-2-1-3-5-12)23-18(24-17)21-8-9-25/h1-7,10-11,25H,8-9H2,(H2,21,22,23,24). The van der Waals surface area contributed by atoms with Crippen LogP contribution >= 0.6 is 0 Å². The maximum Gasteiger partial charge on any atom is 0.225 e. The van der Waals surface area contributed by atoms with E-state index in [9.17, 15) is 8.78 Å². The van der Waals surface area contributed by atoms with E-state index in [4.69, 9.17) is 5.11 Å². The van der Waals surface area contributed by atoms with E-state index in [0.29, 0.717) is 17.5 Å². The van der Waals surface area contributed by atoms with E-state index in [-0.39, 0.29) is 18.8 Å². The van der Waals surface area contributed by atoms with Gasteiger partial charge in [0.2, 0.25) is 5.95 Å². The van der Waals surface area contributed by atoms with Crippen LogP contribution in [0.25, 0.3) is 11.3 Å². The van der Waals surface area contributed by atoms with E-state index in [2.05, 4.69) is 20.6 Å². The molecule has 0 aliphatic rings. The van der Waals surface area contributed by atoms with Crippen molar-refractivity contribution in [1.29, 1.82) is 0 Å². The molecule has 1 heterocycles. The van der Waals surface area contributed by atoms with Crippen LogP contribution in [0.4, 0.5) is 26.2 Å². The van der Waals surface area contributed by atoms with E-state index in [1.165, 1.54) is 6.07 Å². The highest BCUT2D eigenvalue weighted by Gasteiger charge is 2.09. The maximum absolute atomic E-state index is 13.9. The van der Waals surface area contributed by atoms with Gasteiger partial charge in [-0.1, -0.05) is 30.3 Å². The lowest BCUT2D eigenvalue weighted by molar-refractivity contribution is 0.311. The third kappa shape index (κ3) is 4.27. The lowest BCUT2D eigenvalue weighted by Gasteiger charge is -2.11. The molecule has 128 valence electrons. The largest absolute Gasteiger partial charge is 0.395 e. The quantitative estimate of drug-likeness (QED) is 0.639. The summed E-state index contributed by atoms with van der Waals surface area (Å²) < 4.78 is 26.9. The number of nitrogens with zero attached hydrogens (tertiary/aromatic N) is 2. The van der Waals surface area contributed by atoms with Crippen molar-refractivity contribution in [3.8, 4) is 11.3 Å². The number of hydrogen-bond donors (Lipinski definition) is 3. The zero-order valence-corrected chi connectivity index (χ0v) is 13.2. The van der Waals surface area contributed by atoms with Gasteiger partial charge in [-0.3, -0.25) is 0 Å². The van der Waals surface area contributed by atoms with Crippen molar-refractivity contribution in [3.63, 3.8) is 0 Å². The van der Waals surface area contributed by atoms with E-state index >= 15 is 0 Å². The number of halogens is 2. The van der Waals surface area contributed by atoms with Gasteiger partial charge in [0.05, 0.1) is 18.0 Å². The van der Waals surface area contributed by atoms with Crippen LogP contribution < -0.4 is 10.6 Å². The van der Waals surface area contributed by atoms with Crippen LogP contribution in [0.5, 0.6) is 0 Å². The van der Waals surface area contributed by atoms with Crippen molar-refractivity contribution in [2.75, 3.05) is 23.8 Å². The predicted octanol–water partition coefficient (Wildman–Crippen LogP) is 3.57. The molecule has 0 amide bonds. The number of nitrogens with one attached hydrogen (secondary N) is 2. The summed E-state index contributed by atoms with van der Waals surface area (Å²) in [6.07, 6.45) is 0. The predicted molar refractivity (Wildman–Crippen MR) is 92.7 cm³/mol. The molecule has 0 saturated carbocycles. The first-order valence-corrected chi connectivity index (χ1v) is 7.67. The molecule has 0 radical (unpaired) electrons. The van der Waals surface area contributed by atoms with E-state index in [0.717, 1.165) is 17.7 Å². The van der Waals surface area contributed by atoms with Gasteiger partial charge in [0, 0.05) is 24.2 Å². The molecule has 0 unspecified atom stereocenters. The van der Waals surface area contributed by atoms with Crippen LogP contribution in [0, 0.1) is 11.6 Å². The summed E-state index contributed by atoms with van der Waals surface area (Å²) in [6, 6.07) is 14.4. The molecule has 0 bridgehead atoms. The average molecular weight is 342 g/mol. The molecule has 0 spiro atoms. The summed E-state index contributed by atoms with van der Waals surface area (Å²) in [5.41, 5.74) is 1.59. The monoisotopic (exact) mass is 342 g/mol. The Morgan fingerprint density at radius 3 is 2.48 bits per heavy atom. The molecule has 0 saturated heterocycles. The van der Waals surface area contributed by atoms with Gasteiger partial charge in [-0.15, -0.1) is 0 Å². The minimum Gasteiger partial charge on any atom is -0.395 e. The van der Waals surface area contributed by atoms with Crippen molar-refractivity contribution in [3.05, 3.63) is 66.2 Å². The molecule has 3 aromatic rings. The molecule has 2 aromatic carbocycles. The van der Waals surface area contributed by atoms with Gasteiger partial charge < -0.3 is 15.7 Å². The second-order valence-electron chi connectivity index (χ2n) is 5.23. The molecule has 0 atom stereocenters. The zero-order valence-electron chi connectivity index (χ0n) is 13.2. The van der Waals surface area contributed by atoms with Gasteiger partial charge in [0.15, 0.2) is 0 Å². The average Bonchev–Trinajstić information content (AvgIpc) is 2.63. The van der Waals surface area contributed by atoms with Gasteiger partial charge in [0.25, 0.3) is 0 Å². The van der Waals surface area contributed by atoms with Gasteiger partial charge in [-0.2, -0.15) is 4.98 Å². The van der Waals surface area contributed by atoms with Crippen molar-refractivity contribution in [1.82, 2.24) is 9.97 Å². The van der Waals surface area contributed by atoms with Crippen LogP contribution in [-0.4, -0.2) is 28.2 Å². The second kappa shape index (κ2) is 7.67. The zero-order chi connectivity index (χ0) is 17.6. The lowest BCUT2D eigenvalue weighted by Crippen LogP contribution is -2.10. The molecule has 0 aliphatic carbocycles. The first-order chi connectivity index (χ1) is 12.2. The van der Waals surface area contributed by atoms with Crippen molar-refractivity contribution in [2.45, 2.75) is 0 Å². The Morgan fingerprint density at radius 1 is 0.960 bits per heavy atom. The van der Waals surface area contributed by atoms with E-state index < -0.39 is 11.6 Å². The number of aromatic nitrogens is 2. The van der Waals surface area contributed by atoms with Crippen LogP contribution in [-0.2, 0) is 0 Å². The van der Waals surface area contributed by atoms with Gasteiger partial charge >= 0.3 is 0 Å². The molecule has 0 fully saturated rings. The number of aliphatic hydroxyl groups excluding tert-OH is 1. The Hall–Kier alpha value is -3.06. The maximum atomic E-state index is 13.9. The third-order valence-corrected chi connectivity index (χ3v) is 3.38. The van der Waals surface area contributed by atoms with E-state index in [1.807, 2.05) is 30.3 Å². The smallest absolute Gasteiger partial charge is 0.225 e. The number of rotatable bonds is 6. The summed E-state index contributed by atoms with van der Waals surface area (Å²) in [5.74, 6) is -0.731. The Balaban J connectivity index is 1.96. The number of benzene rings is 2. The number of aliphatic hydroxyl groups is 1. The highest BCUT2D eigenvalue weighted by Crippen LogP contribution is 2.25. The first kappa shape index (κ1) is 16.8. The normalized spacial score (nSPS) is 10.5. The first-order valence-electron chi connectivity index (χ1n) is 7.67. The Kier molecular flexibility index (Phi) is 5.15. The molecule has 5 nitrogen and oxygen atoms in total. The molecule has 3 N–H and O–H groups in total. The van der Waals surface area contributed by atoms with Crippen LogP contribution in [0.3, 0.4) is 0 Å². The molecular formula is C18H16F2N4O. The van der Waals surface area contributed by atoms with Gasteiger partial charge in [-0.05, 0) is 12.1 Å². The highest BCUT2D eigenvalue weighted by molar-refractivity contribution is 5.67. The fourth-order valence-corrected chi connectivity index (χ4v) is 2.24. The summed E-state index contributed by atoms with van der Waals surface area (Å²) in [7, 11) is 0. The molecule has 3 rings (SSSR count). The van der Waals surface area contributed by atoms with E-state index in [1.54, 1.807) is 6.07 Å². The van der Waals surface area contributed by atoms with Gasteiger partial charge in [0.1, 0.15) is 17.5 Å². The molecule has 0 aliphatic heterocycles. The fourth-order valence-electron chi connectivity index (χ4n) is 2.24. The number of hydrogen-bond acceptors (Lipinski definition) is 5. The van der Waals surface area contributed by atoms with Crippen LogP contribution in [0.1, 0.15) is 0 Å². The molecule has 25 heavy (non-hydrogen) atoms. The summed E-state index contributed by atoms with van der Waals surface area (Å²) in [4.78, 5) is 8.64. The van der Waals surface area contributed by atoms with Crippen molar-refractivity contribution < 1.29 is 13.9 Å². The minimum atomic E-state index is -0.718. The summed E-state index contributed by atoms with van der Waals surface area (Å²) in [6.45, 7) is 0.205. The Labute approximate surface area is 143 Å². The van der Waals surface area contributed by atoms with Crippen molar-refractivity contribution in [2.24, 2.45) is 0 Å².